The first kappa shape index (κ1) is 15.8. The van der Waals surface area contributed by atoms with Crippen molar-refractivity contribution in [3.8, 4) is 5.75 Å². The fourth-order valence-electron chi connectivity index (χ4n) is 1.73. The van der Waals surface area contributed by atoms with Gasteiger partial charge in [-0.1, -0.05) is 23.7 Å². The molecule has 6 nitrogen and oxygen atoms in total. The lowest BCUT2D eigenvalue weighted by atomic mass is 10.2. The van der Waals surface area contributed by atoms with Crippen LogP contribution in [-0.4, -0.2) is 27.7 Å². The van der Waals surface area contributed by atoms with Gasteiger partial charge >= 0.3 is 5.97 Å². The Balaban J connectivity index is 2.27. The first-order chi connectivity index (χ1) is 10.5. The van der Waals surface area contributed by atoms with Crippen molar-refractivity contribution in [1.29, 1.82) is 0 Å². The number of hydrogen-bond acceptors (Lipinski definition) is 5. The molecule has 0 saturated carbocycles. The van der Waals surface area contributed by atoms with Gasteiger partial charge in [0, 0.05) is 11.1 Å². The van der Waals surface area contributed by atoms with E-state index in [1.807, 2.05) is 0 Å². The highest BCUT2D eigenvalue weighted by molar-refractivity contribution is 6.30. The number of halogens is 1. The van der Waals surface area contributed by atoms with Crippen molar-refractivity contribution in [3.63, 3.8) is 0 Å². The van der Waals surface area contributed by atoms with Gasteiger partial charge in [0.05, 0.1) is 20.0 Å². The number of benzene rings is 1. The molecule has 1 aromatic carbocycles. The molecule has 22 heavy (non-hydrogen) atoms. The molecule has 0 saturated heterocycles. The van der Waals surface area contributed by atoms with Crippen LogP contribution in [0.5, 0.6) is 5.75 Å². The summed E-state index contributed by atoms with van der Waals surface area (Å²) in [7, 11) is 1.23. The number of nitrogens with zero attached hydrogens (tertiary/aromatic N) is 2. The van der Waals surface area contributed by atoms with E-state index in [9.17, 15) is 14.7 Å². The minimum Gasteiger partial charge on any atom is -0.502 e. The lowest BCUT2D eigenvalue weighted by Crippen LogP contribution is -2.21. The van der Waals surface area contributed by atoms with Crippen molar-refractivity contribution in [2.24, 2.45) is 0 Å². The molecule has 1 aromatic heterocycles. The van der Waals surface area contributed by atoms with Gasteiger partial charge in [0.15, 0.2) is 0 Å². The molecule has 2 rings (SSSR count). The minimum absolute atomic E-state index is 0.00255. The largest absolute Gasteiger partial charge is 0.502 e. The maximum Gasteiger partial charge on any atom is 0.330 e. The van der Waals surface area contributed by atoms with Gasteiger partial charge in [0.1, 0.15) is 5.69 Å². The summed E-state index contributed by atoms with van der Waals surface area (Å²) >= 11 is 5.80. The van der Waals surface area contributed by atoms with Crippen molar-refractivity contribution in [2.75, 3.05) is 7.11 Å². The quantitative estimate of drug-likeness (QED) is 0.686. The third-order valence-electron chi connectivity index (χ3n) is 2.89. The first-order valence-electron chi connectivity index (χ1n) is 6.30. The van der Waals surface area contributed by atoms with Crippen LogP contribution in [0.25, 0.3) is 6.08 Å². The number of aromatic hydroxyl groups is 1. The van der Waals surface area contributed by atoms with E-state index in [1.54, 1.807) is 24.3 Å². The molecule has 1 N–H and O–H groups in total. The normalized spacial score (nSPS) is 10.8. The van der Waals surface area contributed by atoms with Gasteiger partial charge < -0.3 is 9.84 Å². The zero-order chi connectivity index (χ0) is 16.1. The van der Waals surface area contributed by atoms with Crippen molar-refractivity contribution in [3.05, 3.63) is 63.3 Å². The Kier molecular flexibility index (Phi) is 4.95. The second-order valence-corrected chi connectivity index (χ2v) is 4.83. The van der Waals surface area contributed by atoms with Gasteiger partial charge in [-0.15, -0.1) is 0 Å². The number of methoxy groups -OCH3 is 1. The summed E-state index contributed by atoms with van der Waals surface area (Å²) in [5.74, 6) is -1.14. The van der Waals surface area contributed by atoms with Gasteiger partial charge in [-0.05, 0) is 23.8 Å². The molecule has 0 amide bonds. The molecular formula is C15H13ClN2O4. The lowest BCUT2D eigenvalue weighted by molar-refractivity contribution is -0.134. The van der Waals surface area contributed by atoms with E-state index in [2.05, 4.69) is 9.72 Å². The van der Waals surface area contributed by atoms with Crippen LogP contribution in [-0.2, 0) is 16.1 Å². The summed E-state index contributed by atoms with van der Waals surface area (Å²) in [6.07, 6.45) is 3.59. The predicted octanol–water partition coefficient (Wildman–Crippen LogP) is 1.84. The lowest BCUT2D eigenvalue weighted by Gasteiger charge is -2.07. The molecule has 1 heterocycles. The van der Waals surface area contributed by atoms with E-state index in [0.29, 0.717) is 5.02 Å². The Morgan fingerprint density at radius 2 is 2.09 bits per heavy atom. The van der Waals surface area contributed by atoms with Crippen LogP contribution in [0.3, 0.4) is 0 Å². The second-order valence-electron chi connectivity index (χ2n) is 4.39. The zero-order valence-corrected chi connectivity index (χ0v) is 12.4. The summed E-state index contributed by atoms with van der Waals surface area (Å²) in [5, 5.41) is 10.5. The highest BCUT2D eigenvalue weighted by atomic mass is 35.5. The third kappa shape index (κ3) is 3.73. The highest BCUT2D eigenvalue weighted by Crippen LogP contribution is 2.12. The van der Waals surface area contributed by atoms with Crippen LogP contribution in [0.15, 0.2) is 41.5 Å². The number of ether oxygens (including phenoxy) is 1. The van der Waals surface area contributed by atoms with E-state index in [4.69, 9.17) is 11.6 Å². The van der Waals surface area contributed by atoms with Gasteiger partial charge in [-0.3, -0.25) is 9.36 Å². The SMILES string of the molecule is COC(=O)/C=C/c1ncn(Cc2ccc(Cl)cc2)c(=O)c1O. The van der Waals surface area contributed by atoms with Gasteiger partial charge in [-0.2, -0.15) is 0 Å². The van der Waals surface area contributed by atoms with Crippen molar-refractivity contribution in [1.82, 2.24) is 9.55 Å². The van der Waals surface area contributed by atoms with E-state index in [1.165, 1.54) is 24.1 Å². The average molecular weight is 321 g/mol. The third-order valence-corrected chi connectivity index (χ3v) is 3.14. The molecule has 0 spiro atoms. The van der Waals surface area contributed by atoms with Gasteiger partial charge in [-0.25, -0.2) is 9.78 Å². The number of aromatic nitrogens is 2. The number of carbonyl (C=O) groups excluding carboxylic acids is 1. The molecular weight excluding hydrogens is 308 g/mol. The van der Waals surface area contributed by atoms with E-state index in [-0.39, 0.29) is 12.2 Å². The minimum atomic E-state index is -0.605. The molecule has 0 radical (unpaired) electrons. The van der Waals surface area contributed by atoms with Gasteiger partial charge in [0.2, 0.25) is 5.75 Å². The summed E-state index contributed by atoms with van der Waals surface area (Å²) in [4.78, 5) is 27.0. The summed E-state index contributed by atoms with van der Waals surface area (Å²) in [6.45, 7) is 0.248. The summed E-state index contributed by atoms with van der Waals surface area (Å²) < 4.78 is 5.68. The smallest absolute Gasteiger partial charge is 0.330 e. The molecule has 0 aliphatic rings. The fourth-order valence-corrected chi connectivity index (χ4v) is 1.85. The van der Waals surface area contributed by atoms with Crippen LogP contribution in [0.2, 0.25) is 5.02 Å². The van der Waals surface area contributed by atoms with Gasteiger partial charge in [0.25, 0.3) is 5.56 Å². The first-order valence-corrected chi connectivity index (χ1v) is 6.68. The number of rotatable bonds is 4. The molecule has 7 heteroatoms. The fraction of sp³-hybridized carbons (Fsp3) is 0.133. The second kappa shape index (κ2) is 6.91. The Bertz CT molecular complexity index is 766. The number of hydrogen-bond donors (Lipinski definition) is 1. The molecule has 0 fully saturated rings. The molecule has 0 aliphatic carbocycles. The standard InChI is InChI=1S/C15H13ClN2O4/c1-22-13(19)7-6-12-14(20)15(21)18(9-17-12)8-10-2-4-11(16)5-3-10/h2-7,9,20H,8H2,1H3/b7-6+. The molecule has 114 valence electrons. The van der Waals surface area contributed by atoms with E-state index >= 15 is 0 Å². The van der Waals surface area contributed by atoms with Crippen LogP contribution in [0.1, 0.15) is 11.3 Å². The average Bonchev–Trinajstić information content (AvgIpc) is 2.52. The molecule has 0 unspecified atom stereocenters. The van der Waals surface area contributed by atoms with Crippen molar-refractivity contribution < 1.29 is 14.6 Å². The summed E-state index contributed by atoms with van der Waals surface area (Å²) in [6, 6.07) is 6.97. The Labute approximate surface area is 131 Å². The van der Waals surface area contributed by atoms with Crippen molar-refractivity contribution >= 4 is 23.6 Å². The predicted molar refractivity (Wildman–Crippen MR) is 81.8 cm³/mol. The summed E-state index contributed by atoms with van der Waals surface area (Å²) in [5.41, 5.74) is 0.239. The van der Waals surface area contributed by atoms with Crippen LogP contribution < -0.4 is 5.56 Å². The molecule has 2 aromatic rings. The zero-order valence-electron chi connectivity index (χ0n) is 11.7. The number of carbonyl (C=O) groups is 1. The van der Waals surface area contributed by atoms with Crippen LogP contribution in [0, 0.1) is 0 Å². The highest BCUT2D eigenvalue weighted by Gasteiger charge is 2.09. The molecule has 0 atom stereocenters. The topological polar surface area (TPSA) is 81.4 Å². The van der Waals surface area contributed by atoms with Crippen molar-refractivity contribution in [2.45, 2.75) is 6.54 Å². The maximum absolute atomic E-state index is 12.1. The van der Waals surface area contributed by atoms with E-state index < -0.39 is 17.3 Å². The Hall–Kier alpha value is -2.60. The monoisotopic (exact) mass is 320 g/mol. The molecule has 0 bridgehead atoms. The Morgan fingerprint density at radius 1 is 1.41 bits per heavy atom. The Morgan fingerprint density at radius 3 is 2.73 bits per heavy atom. The molecule has 0 aliphatic heterocycles. The maximum atomic E-state index is 12.1. The van der Waals surface area contributed by atoms with Crippen LogP contribution in [0.4, 0.5) is 0 Å². The number of esters is 1. The van der Waals surface area contributed by atoms with E-state index in [0.717, 1.165) is 11.6 Å². The van der Waals surface area contributed by atoms with Crippen LogP contribution >= 0.6 is 11.6 Å².